The molecule has 0 radical (unpaired) electrons. The van der Waals surface area contributed by atoms with Crippen LogP contribution in [0.5, 0.6) is 0 Å². The Kier molecular flexibility index (Phi) is 6.38. The number of halogens is 6. The van der Waals surface area contributed by atoms with E-state index in [4.69, 9.17) is 0 Å². The summed E-state index contributed by atoms with van der Waals surface area (Å²) in [6.45, 7) is 0.137. The van der Waals surface area contributed by atoms with Gasteiger partial charge in [-0.25, -0.2) is 0 Å². The third-order valence-corrected chi connectivity index (χ3v) is 4.26. The zero-order valence-electron chi connectivity index (χ0n) is 14.1. The predicted octanol–water partition coefficient (Wildman–Crippen LogP) is 4.01. The number of amides is 1. The molecule has 0 saturated carbocycles. The van der Waals surface area contributed by atoms with Crippen molar-refractivity contribution in [2.75, 3.05) is 18.4 Å². The van der Waals surface area contributed by atoms with Crippen LogP contribution in [0.1, 0.15) is 36.8 Å². The van der Waals surface area contributed by atoms with Gasteiger partial charge in [-0.3, -0.25) is 9.59 Å². The molecule has 4 nitrogen and oxygen atoms in total. The van der Waals surface area contributed by atoms with Gasteiger partial charge >= 0.3 is 12.4 Å². The van der Waals surface area contributed by atoms with Crippen LogP contribution in [-0.2, 0) is 21.9 Å². The van der Waals surface area contributed by atoms with E-state index in [9.17, 15) is 35.9 Å². The normalized spacial score (nSPS) is 18.1. The van der Waals surface area contributed by atoms with E-state index in [1.807, 2.05) is 0 Å². The molecule has 0 aliphatic carbocycles. The predicted molar refractivity (Wildman–Crippen MR) is 84.9 cm³/mol. The van der Waals surface area contributed by atoms with Gasteiger partial charge in [-0.15, -0.1) is 0 Å². The molecule has 10 heteroatoms. The summed E-state index contributed by atoms with van der Waals surface area (Å²) in [5, 5.41) is 5.00. The van der Waals surface area contributed by atoms with Crippen LogP contribution in [0.4, 0.5) is 32.0 Å². The highest BCUT2D eigenvalue weighted by atomic mass is 19.4. The number of alkyl halides is 6. The van der Waals surface area contributed by atoms with E-state index in [1.165, 1.54) is 0 Å². The number of hydrogen-bond donors (Lipinski definition) is 2. The van der Waals surface area contributed by atoms with Crippen LogP contribution in [0.15, 0.2) is 18.2 Å². The second-order valence-corrected chi connectivity index (χ2v) is 6.43. The smallest absolute Gasteiger partial charge is 0.378 e. The van der Waals surface area contributed by atoms with Crippen molar-refractivity contribution in [3.63, 3.8) is 0 Å². The number of anilines is 1. The van der Waals surface area contributed by atoms with E-state index in [0.29, 0.717) is 31.5 Å². The molecule has 1 atom stereocenters. The number of hydrogen-bond acceptors (Lipinski definition) is 3. The van der Waals surface area contributed by atoms with Gasteiger partial charge in [0.1, 0.15) is 0 Å². The Morgan fingerprint density at radius 2 is 1.67 bits per heavy atom. The number of Topliss-reactive ketones (excluding diaryl/α,β-unsaturated/α-hetero) is 1. The number of benzene rings is 1. The average molecular weight is 396 g/mol. The van der Waals surface area contributed by atoms with Crippen LogP contribution in [-0.4, -0.2) is 24.8 Å². The second kappa shape index (κ2) is 8.18. The Morgan fingerprint density at radius 1 is 1.07 bits per heavy atom. The molecule has 0 spiro atoms. The highest BCUT2D eigenvalue weighted by molar-refractivity contribution is 5.83. The largest absolute Gasteiger partial charge is 0.416 e. The van der Waals surface area contributed by atoms with Crippen LogP contribution in [0.25, 0.3) is 0 Å². The van der Waals surface area contributed by atoms with E-state index in [0.717, 1.165) is 6.42 Å². The molecule has 0 aromatic heterocycles. The van der Waals surface area contributed by atoms with E-state index in [2.05, 4.69) is 10.6 Å². The molecule has 1 aliphatic heterocycles. The summed E-state index contributed by atoms with van der Waals surface area (Å²) in [5.74, 6) is -0.402. The molecule has 1 saturated heterocycles. The van der Waals surface area contributed by atoms with E-state index < -0.39 is 35.7 Å². The Balaban J connectivity index is 1.97. The van der Waals surface area contributed by atoms with Crippen LogP contribution in [0.3, 0.4) is 0 Å². The molecule has 150 valence electrons. The van der Waals surface area contributed by atoms with Crippen molar-refractivity contribution >= 4 is 17.4 Å². The molecule has 1 heterocycles. The molecule has 1 fully saturated rings. The van der Waals surface area contributed by atoms with Crippen molar-refractivity contribution in [1.29, 1.82) is 0 Å². The molecule has 2 N–H and O–H groups in total. The maximum absolute atomic E-state index is 12.8. The third-order valence-electron chi connectivity index (χ3n) is 4.26. The summed E-state index contributed by atoms with van der Waals surface area (Å²) in [4.78, 5) is 23.2. The molecule has 1 aliphatic rings. The second-order valence-electron chi connectivity index (χ2n) is 6.43. The minimum absolute atomic E-state index is 0.0289. The summed E-state index contributed by atoms with van der Waals surface area (Å²) >= 11 is 0. The Labute approximate surface area is 151 Å². The number of ketones is 1. The lowest BCUT2D eigenvalue weighted by Crippen LogP contribution is -2.33. The summed E-state index contributed by atoms with van der Waals surface area (Å²) in [6, 6.07) is 1.10. The van der Waals surface area contributed by atoms with Gasteiger partial charge in [0.25, 0.3) is 0 Å². The van der Waals surface area contributed by atoms with Gasteiger partial charge in [-0.05, 0) is 37.0 Å². The SMILES string of the molecule is O=C(CCC1CCNC(=O)C1)CNc1cc(C(F)(F)F)cc(C(F)(F)F)c1. The average Bonchev–Trinajstić information content (AvgIpc) is 2.56. The molecule has 2 rings (SSSR count). The fourth-order valence-electron chi connectivity index (χ4n) is 2.81. The molecule has 1 aromatic carbocycles. The van der Waals surface area contributed by atoms with Crippen molar-refractivity contribution in [3.8, 4) is 0 Å². The van der Waals surface area contributed by atoms with Crippen molar-refractivity contribution in [3.05, 3.63) is 29.3 Å². The van der Waals surface area contributed by atoms with Crippen LogP contribution >= 0.6 is 0 Å². The van der Waals surface area contributed by atoms with Gasteiger partial charge < -0.3 is 10.6 Å². The number of carbonyl (C=O) groups is 2. The first-order valence-corrected chi connectivity index (χ1v) is 8.27. The fourth-order valence-corrected chi connectivity index (χ4v) is 2.81. The van der Waals surface area contributed by atoms with E-state index in [1.54, 1.807) is 0 Å². The Morgan fingerprint density at radius 3 is 2.19 bits per heavy atom. The van der Waals surface area contributed by atoms with Crippen molar-refractivity contribution in [1.82, 2.24) is 5.32 Å². The summed E-state index contributed by atoms with van der Waals surface area (Å²) < 4.78 is 76.8. The topological polar surface area (TPSA) is 58.2 Å². The van der Waals surface area contributed by atoms with E-state index in [-0.39, 0.29) is 30.1 Å². The molecule has 27 heavy (non-hydrogen) atoms. The first kappa shape index (κ1) is 21.0. The van der Waals surface area contributed by atoms with Crippen molar-refractivity contribution in [2.24, 2.45) is 5.92 Å². The lowest BCUT2D eigenvalue weighted by Gasteiger charge is -2.21. The minimum atomic E-state index is -4.94. The quantitative estimate of drug-likeness (QED) is 0.715. The van der Waals surface area contributed by atoms with E-state index >= 15 is 0 Å². The van der Waals surface area contributed by atoms with Gasteiger partial charge in [0.2, 0.25) is 5.91 Å². The molecular formula is C17H18F6N2O2. The zero-order chi connectivity index (χ0) is 20.2. The molecule has 1 unspecified atom stereocenters. The van der Waals surface area contributed by atoms with Gasteiger partial charge in [-0.1, -0.05) is 0 Å². The van der Waals surface area contributed by atoms with Crippen LogP contribution < -0.4 is 10.6 Å². The summed E-state index contributed by atoms with van der Waals surface area (Å²) in [6.07, 6.45) is -8.30. The van der Waals surface area contributed by atoms with Gasteiger partial charge in [0.05, 0.1) is 17.7 Å². The maximum atomic E-state index is 12.8. The van der Waals surface area contributed by atoms with Crippen molar-refractivity contribution < 1.29 is 35.9 Å². The Bertz CT molecular complexity index is 667. The molecular weight excluding hydrogens is 378 g/mol. The summed E-state index contributed by atoms with van der Waals surface area (Å²) in [5.41, 5.74) is -3.32. The lowest BCUT2D eigenvalue weighted by molar-refractivity contribution is -0.143. The Hall–Kier alpha value is -2.26. The lowest BCUT2D eigenvalue weighted by atomic mass is 9.92. The van der Waals surface area contributed by atoms with Crippen LogP contribution in [0, 0.1) is 5.92 Å². The first-order valence-electron chi connectivity index (χ1n) is 8.27. The molecule has 1 amide bonds. The van der Waals surface area contributed by atoms with Gasteiger partial charge in [0.15, 0.2) is 5.78 Å². The maximum Gasteiger partial charge on any atom is 0.416 e. The molecule has 0 bridgehead atoms. The number of piperidine rings is 1. The van der Waals surface area contributed by atoms with Crippen molar-refractivity contribution in [2.45, 2.75) is 38.0 Å². The number of carbonyl (C=O) groups excluding carboxylic acids is 2. The highest BCUT2D eigenvalue weighted by Gasteiger charge is 2.37. The summed E-state index contributed by atoms with van der Waals surface area (Å²) in [7, 11) is 0. The zero-order valence-corrected chi connectivity index (χ0v) is 14.1. The fraction of sp³-hybridized carbons (Fsp3) is 0.529. The minimum Gasteiger partial charge on any atom is -0.378 e. The highest BCUT2D eigenvalue weighted by Crippen LogP contribution is 2.37. The standard InChI is InChI=1S/C17H18F6N2O2/c18-16(19,20)11-6-12(17(21,22)23)8-13(7-11)25-9-14(26)2-1-10-3-4-24-15(27)5-10/h6-8,10,25H,1-5,9H2,(H,24,27). The monoisotopic (exact) mass is 396 g/mol. The van der Waals surface area contributed by atoms with Gasteiger partial charge in [0, 0.05) is 25.1 Å². The van der Waals surface area contributed by atoms with Gasteiger partial charge in [-0.2, -0.15) is 26.3 Å². The molecule has 1 aromatic rings. The number of rotatable bonds is 6. The third kappa shape index (κ3) is 6.44. The van der Waals surface area contributed by atoms with Crippen LogP contribution in [0.2, 0.25) is 0 Å². The number of nitrogens with one attached hydrogen (secondary N) is 2. The first-order chi connectivity index (χ1) is 12.4.